The van der Waals surface area contributed by atoms with Crippen molar-refractivity contribution < 1.29 is 4.74 Å². The first-order valence-corrected chi connectivity index (χ1v) is 7.15. The molecule has 2 saturated heterocycles. The monoisotopic (exact) mass is 240 g/mol. The molecular formula is C14H28N2O. The second-order valence-corrected chi connectivity index (χ2v) is 6.14. The normalized spacial score (nSPS) is 34.9. The fourth-order valence-corrected chi connectivity index (χ4v) is 3.41. The zero-order chi connectivity index (χ0) is 12.3. The Morgan fingerprint density at radius 2 is 2.18 bits per heavy atom. The summed E-state index contributed by atoms with van der Waals surface area (Å²) in [4.78, 5) is 2.62. The molecule has 0 radical (unpaired) electrons. The third-order valence-corrected chi connectivity index (χ3v) is 4.40. The highest BCUT2D eigenvalue weighted by Gasteiger charge is 2.30. The second-order valence-electron chi connectivity index (χ2n) is 6.14. The molecule has 1 N–H and O–H groups in total. The van der Waals surface area contributed by atoms with Gasteiger partial charge < -0.3 is 15.0 Å². The van der Waals surface area contributed by atoms with Crippen LogP contribution in [0.25, 0.3) is 0 Å². The molecule has 0 aliphatic carbocycles. The van der Waals surface area contributed by atoms with Crippen LogP contribution in [-0.4, -0.2) is 50.3 Å². The maximum atomic E-state index is 5.22. The van der Waals surface area contributed by atoms with Crippen LogP contribution in [0.2, 0.25) is 0 Å². The number of ether oxygens (including phenoxy) is 1. The first-order chi connectivity index (χ1) is 8.19. The van der Waals surface area contributed by atoms with Crippen LogP contribution in [0.1, 0.15) is 33.1 Å². The van der Waals surface area contributed by atoms with Crippen LogP contribution in [0, 0.1) is 11.8 Å². The molecule has 3 unspecified atom stereocenters. The van der Waals surface area contributed by atoms with Gasteiger partial charge in [-0.05, 0) is 58.0 Å². The van der Waals surface area contributed by atoms with Crippen LogP contribution in [0.3, 0.4) is 0 Å². The van der Waals surface area contributed by atoms with Crippen LogP contribution in [0.4, 0.5) is 0 Å². The summed E-state index contributed by atoms with van der Waals surface area (Å²) in [7, 11) is 1.80. The predicted molar refractivity (Wildman–Crippen MR) is 71.2 cm³/mol. The molecule has 0 saturated carbocycles. The lowest BCUT2D eigenvalue weighted by Crippen LogP contribution is -2.28. The second kappa shape index (κ2) is 6.17. The quantitative estimate of drug-likeness (QED) is 0.792. The standard InChI is InChI=1S/C14H28N2O/c1-11(2)16-5-4-12(9-16)6-13-7-14(10-17-3)15-8-13/h11-15H,4-10H2,1-3H3. The van der Waals surface area contributed by atoms with Gasteiger partial charge in [0.05, 0.1) is 6.61 Å². The largest absolute Gasteiger partial charge is 0.383 e. The molecule has 0 aromatic carbocycles. The number of hydrogen-bond acceptors (Lipinski definition) is 3. The van der Waals surface area contributed by atoms with E-state index in [-0.39, 0.29) is 0 Å². The van der Waals surface area contributed by atoms with Gasteiger partial charge in [-0.1, -0.05) is 0 Å². The van der Waals surface area contributed by atoms with E-state index >= 15 is 0 Å². The van der Waals surface area contributed by atoms with Gasteiger partial charge >= 0.3 is 0 Å². The van der Waals surface area contributed by atoms with Crippen LogP contribution in [-0.2, 0) is 4.74 Å². The fraction of sp³-hybridized carbons (Fsp3) is 1.00. The van der Waals surface area contributed by atoms with Gasteiger partial charge in [0.2, 0.25) is 0 Å². The highest BCUT2D eigenvalue weighted by Crippen LogP contribution is 2.28. The lowest BCUT2D eigenvalue weighted by molar-refractivity contribution is 0.171. The Bertz CT molecular complexity index is 232. The van der Waals surface area contributed by atoms with E-state index in [2.05, 4.69) is 24.1 Å². The van der Waals surface area contributed by atoms with Gasteiger partial charge in [-0.3, -0.25) is 0 Å². The van der Waals surface area contributed by atoms with Crippen molar-refractivity contribution in [2.45, 2.75) is 45.2 Å². The Balaban J connectivity index is 1.69. The fourth-order valence-electron chi connectivity index (χ4n) is 3.41. The minimum Gasteiger partial charge on any atom is -0.383 e. The van der Waals surface area contributed by atoms with Crippen molar-refractivity contribution in [3.63, 3.8) is 0 Å². The summed E-state index contributed by atoms with van der Waals surface area (Å²) in [5.41, 5.74) is 0. The summed E-state index contributed by atoms with van der Waals surface area (Å²) >= 11 is 0. The molecule has 17 heavy (non-hydrogen) atoms. The summed E-state index contributed by atoms with van der Waals surface area (Å²) in [6.07, 6.45) is 4.13. The van der Waals surface area contributed by atoms with Crippen LogP contribution in [0.15, 0.2) is 0 Å². The highest BCUT2D eigenvalue weighted by molar-refractivity contribution is 4.86. The Morgan fingerprint density at radius 3 is 2.82 bits per heavy atom. The molecule has 100 valence electrons. The molecule has 0 amide bonds. The minimum atomic E-state index is 0.604. The van der Waals surface area contributed by atoms with Crippen molar-refractivity contribution in [2.24, 2.45) is 11.8 Å². The predicted octanol–water partition coefficient (Wildman–Crippen LogP) is 1.73. The number of likely N-dealkylation sites (tertiary alicyclic amines) is 1. The molecule has 2 fully saturated rings. The van der Waals surface area contributed by atoms with E-state index in [1.807, 2.05) is 0 Å². The summed E-state index contributed by atoms with van der Waals surface area (Å²) in [5, 5.41) is 3.58. The first kappa shape index (κ1) is 13.3. The topological polar surface area (TPSA) is 24.5 Å². The van der Waals surface area contributed by atoms with Crippen LogP contribution in [0.5, 0.6) is 0 Å². The van der Waals surface area contributed by atoms with Gasteiger partial charge in [-0.25, -0.2) is 0 Å². The van der Waals surface area contributed by atoms with Gasteiger partial charge in [-0.15, -0.1) is 0 Å². The summed E-state index contributed by atoms with van der Waals surface area (Å²) < 4.78 is 5.22. The average Bonchev–Trinajstić information content (AvgIpc) is 2.89. The number of hydrogen-bond donors (Lipinski definition) is 1. The third-order valence-electron chi connectivity index (χ3n) is 4.40. The summed E-state index contributed by atoms with van der Waals surface area (Å²) in [5.74, 6) is 1.82. The number of nitrogens with zero attached hydrogens (tertiary/aromatic N) is 1. The van der Waals surface area contributed by atoms with Gasteiger partial charge in [0, 0.05) is 25.7 Å². The van der Waals surface area contributed by atoms with E-state index < -0.39 is 0 Å². The van der Waals surface area contributed by atoms with E-state index in [0.29, 0.717) is 6.04 Å². The Hall–Kier alpha value is -0.120. The van der Waals surface area contributed by atoms with Crippen molar-refractivity contribution in [3.05, 3.63) is 0 Å². The zero-order valence-corrected chi connectivity index (χ0v) is 11.6. The van der Waals surface area contributed by atoms with E-state index in [1.54, 1.807) is 7.11 Å². The Labute approximate surface area is 106 Å². The molecule has 3 nitrogen and oxygen atoms in total. The Morgan fingerprint density at radius 1 is 1.35 bits per heavy atom. The molecule has 2 aliphatic heterocycles. The molecular weight excluding hydrogens is 212 g/mol. The lowest BCUT2D eigenvalue weighted by atomic mass is 9.92. The van der Waals surface area contributed by atoms with Crippen molar-refractivity contribution in [3.8, 4) is 0 Å². The van der Waals surface area contributed by atoms with Crippen LogP contribution >= 0.6 is 0 Å². The van der Waals surface area contributed by atoms with Crippen molar-refractivity contribution >= 4 is 0 Å². The maximum Gasteiger partial charge on any atom is 0.0615 e. The van der Waals surface area contributed by atoms with Crippen LogP contribution < -0.4 is 5.32 Å². The third kappa shape index (κ3) is 3.67. The molecule has 0 aromatic rings. The molecule has 3 heteroatoms. The molecule has 2 rings (SSSR count). The smallest absolute Gasteiger partial charge is 0.0615 e. The van der Waals surface area contributed by atoms with E-state index in [1.165, 1.54) is 38.9 Å². The van der Waals surface area contributed by atoms with Gasteiger partial charge in [0.1, 0.15) is 0 Å². The van der Waals surface area contributed by atoms with E-state index in [4.69, 9.17) is 4.74 Å². The van der Waals surface area contributed by atoms with Gasteiger partial charge in [0.25, 0.3) is 0 Å². The van der Waals surface area contributed by atoms with E-state index in [9.17, 15) is 0 Å². The molecule has 3 atom stereocenters. The SMILES string of the molecule is COCC1CC(CC2CCN(C(C)C)C2)CN1. The average molecular weight is 240 g/mol. The summed E-state index contributed by atoms with van der Waals surface area (Å²) in [6, 6.07) is 1.33. The molecule has 2 aliphatic rings. The Kier molecular flexibility index (Phi) is 4.83. The maximum absolute atomic E-state index is 5.22. The lowest BCUT2D eigenvalue weighted by Gasteiger charge is -2.21. The molecule has 0 spiro atoms. The minimum absolute atomic E-state index is 0.604. The number of rotatable bonds is 5. The van der Waals surface area contributed by atoms with Crippen molar-refractivity contribution in [1.82, 2.24) is 10.2 Å². The van der Waals surface area contributed by atoms with Gasteiger partial charge in [-0.2, -0.15) is 0 Å². The zero-order valence-electron chi connectivity index (χ0n) is 11.6. The van der Waals surface area contributed by atoms with Gasteiger partial charge in [0.15, 0.2) is 0 Å². The number of nitrogens with one attached hydrogen (secondary N) is 1. The summed E-state index contributed by atoms with van der Waals surface area (Å²) in [6.45, 7) is 9.33. The molecule has 0 bridgehead atoms. The molecule has 0 aromatic heterocycles. The first-order valence-electron chi connectivity index (χ1n) is 7.15. The van der Waals surface area contributed by atoms with E-state index in [0.717, 1.165) is 24.5 Å². The van der Waals surface area contributed by atoms with Crippen molar-refractivity contribution in [2.75, 3.05) is 33.4 Å². The van der Waals surface area contributed by atoms with Crippen molar-refractivity contribution in [1.29, 1.82) is 0 Å². The highest BCUT2D eigenvalue weighted by atomic mass is 16.5. The number of methoxy groups -OCH3 is 1. The molecule has 2 heterocycles.